The van der Waals surface area contributed by atoms with Gasteiger partial charge >= 0.3 is 14.0 Å². The molecule has 0 amide bonds. The van der Waals surface area contributed by atoms with Gasteiger partial charge < -0.3 is 15.1 Å². The molecule has 0 aromatic rings. The summed E-state index contributed by atoms with van der Waals surface area (Å²) in [5.41, 5.74) is 5.28. The van der Waals surface area contributed by atoms with Gasteiger partial charge in [-0.25, -0.2) is 0 Å². The molecule has 1 unspecified atom stereocenters. The molecule has 0 aliphatic rings. The molecule has 0 rings (SSSR count). The van der Waals surface area contributed by atoms with Gasteiger partial charge in [-0.1, -0.05) is 0 Å². The van der Waals surface area contributed by atoms with Crippen LogP contribution in [0.5, 0.6) is 0 Å². The lowest BCUT2D eigenvalue weighted by molar-refractivity contribution is -0.141. The summed E-state index contributed by atoms with van der Waals surface area (Å²) in [5, 5.41) is 0. The molecule has 5 nitrogen and oxygen atoms in total. The lowest BCUT2D eigenvalue weighted by Gasteiger charge is -2.04. The van der Waals surface area contributed by atoms with Crippen LogP contribution in [-0.4, -0.2) is 40.1 Å². The van der Waals surface area contributed by atoms with Crippen molar-refractivity contribution in [1.29, 1.82) is 0 Å². The zero-order valence-corrected chi connectivity index (χ0v) is 6.19. The molecule has 1 atom stereocenters. The van der Waals surface area contributed by atoms with Gasteiger partial charge in [-0.05, 0) is 0 Å². The molecule has 0 aromatic heterocycles. The molecular weight excluding hydrogens is 147 g/mol. The molecule has 0 spiro atoms. The van der Waals surface area contributed by atoms with Crippen LogP contribution in [0, 0.1) is 0 Å². The fourth-order valence-corrected chi connectivity index (χ4v) is 0.426. The normalized spacial score (nSPS) is 12.9. The van der Waals surface area contributed by atoms with E-state index in [1.807, 2.05) is 0 Å². The summed E-state index contributed by atoms with van der Waals surface area (Å²) < 4.78 is 8.34. The zero-order chi connectivity index (χ0) is 8.69. The Hall–Kier alpha value is -1.04. The Bertz CT molecular complexity index is 151. The minimum atomic E-state index is -0.758. The average molecular weight is 156 g/mol. The van der Waals surface area contributed by atoms with Gasteiger partial charge in [0.05, 0.1) is 13.7 Å². The SMILES string of the molecule is [B]OC=NCC(N)C(=O)OC. The van der Waals surface area contributed by atoms with Crippen LogP contribution >= 0.6 is 0 Å². The number of rotatable bonds is 4. The standard InChI is InChI=1S/C5H9BN2O3/c1-10-5(9)4(7)2-8-3-11-6/h3-4H,2,7H2,1H3. The van der Waals surface area contributed by atoms with Crippen LogP contribution in [0.3, 0.4) is 0 Å². The number of ether oxygens (including phenoxy) is 1. The first kappa shape index (κ1) is 9.96. The molecule has 0 heterocycles. The lowest BCUT2D eigenvalue weighted by atomic mass is 10.3. The summed E-state index contributed by atoms with van der Waals surface area (Å²) in [4.78, 5) is 14.2. The first-order valence-corrected chi connectivity index (χ1v) is 2.89. The molecule has 2 N–H and O–H groups in total. The van der Waals surface area contributed by atoms with Crippen LogP contribution < -0.4 is 5.73 Å². The van der Waals surface area contributed by atoms with Crippen LogP contribution in [0.4, 0.5) is 0 Å². The Morgan fingerprint density at radius 1 is 1.91 bits per heavy atom. The van der Waals surface area contributed by atoms with E-state index in [4.69, 9.17) is 5.73 Å². The summed E-state index contributed by atoms with van der Waals surface area (Å²) in [6.45, 7) is 0.101. The summed E-state index contributed by atoms with van der Waals surface area (Å²) in [6.07, 6.45) is 1.00. The van der Waals surface area contributed by atoms with Gasteiger partial charge in [-0.15, -0.1) is 0 Å². The minimum absolute atomic E-state index is 0.101. The van der Waals surface area contributed by atoms with Crippen molar-refractivity contribution in [3.8, 4) is 0 Å². The molecule has 0 aromatic carbocycles. The Morgan fingerprint density at radius 2 is 2.55 bits per heavy atom. The lowest BCUT2D eigenvalue weighted by Crippen LogP contribution is -2.34. The maximum absolute atomic E-state index is 10.6. The molecule has 0 saturated heterocycles. The minimum Gasteiger partial charge on any atom is -0.560 e. The van der Waals surface area contributed by atoms with Crippen molar-refractivity contribution >= 4 is 20.4 Å². The zero-order valence-electron chi connectivity index (χ0n) is 6.19. The smallest absolute Gasteiger partial charge is 0.375 e. The first-order chi connectivity index (χ1) is 5.22. The van der Waals surface area contributed by atoms with Crippen molar-refractivity contribution in [1.82, 2.24) is 0 Å². The Kier molecular flexibility index (Phi) is 5.19. The maximum atomic E-state index is 10.6. The second kappa shape index (κ2) is 5.73. The molecule has 0 saturated carbocycles. The van der Waals surface area contributed by atoms with Gasteiger partial charge in [0.1, 0.15) is 12.4 Å². The fraction of sp³-hybridized carbons (Fsp3) is 0.600. The van der Waals surface area contributed by atoms with E-state index in [1.54, 1.807) is 0 Å². The molecule has 0 bridgehead atoms. The topological polar surface area (TPSA) is 73.9 Å². The number of nitrogens with zero attached hydrogens (tertiary/aromatic N) is 1. The molecule has 0 fully saturated rings. The molecule has 0 aliphatic heterocycles. The number of esters is 1. The van der Waals surface area contributed by atoms with Crippen LogP contribution in [0.1, 0.15) is 0 Å². The van der Waals surface area contributed by atoms with Gasteiger partial charge in [0.25, 0.3) is 0 Å². The first-order valence-electron chi connectivity index (χ1n) is 2.89. The highest BCUT2D eigenvalue weighted by Crippen LogP contribution is 1.83. The van der Waals surface area contributed by atoms with Crippen molar-refractivity contribution in [2.45, 2.75) is 6.04 Å². The van der Waals surface area contributed by atoms with Crippen LogP contribution in [-0.2, 0) is 14.2 Å². The second-order valence-electron chi connectivity index (χ2n) is 1.74. The average Bonchev–Trinajstić information content (AvgIpc) is 2.03. The predicted octanol–water partition coefficient (Wildman–Crippen LogP) is -1.38. The molecule has 2 radical (unpaired) electrons. The van der Waals surface area contributed by atoms with Crippen molar-refractivity contribution < 1.29 is 14.2 Å². The summed E-state index contributed by atoms with van der Waals surface area (Å²) in [7, 11) is 5.87. The number of hydrogen-bond donors (Lipinski definition) is 1. The highest BCUT2D eigenvalue weighted by molar-refractivity contribution is 6.02. The molecule has 60 valence electrons. The fourth-order valence-electron chi connectivity index (χ4n) is 0.426. The van der Waals surface area contributed by atoms with Crippen LogP contribution in [0.25, 0.3) is 0 Å². The third kappa shape index (κ3) is 4.38. The Morgan fingerprint density at radius 3 is 3.00 bits per heavy atom. The van der Waals surface area contributed by atoms with Gasteiger partial charge in [0, 0.05) is 0 Å². The third-order valence-electron chi connectivity index (χ3n) is 0.941. The van der Waals surface area contributed by atoms with E-state index in [9.17, 15) is 4.79 Å². The van der Waals surface area contributed by atoms with Gasteiger partial charge in [0.2, 0.25) is 0 Å². The summed E-state index contributed by atoms with van der Waals surface area (Å²) in [5.74, 6) is -0.515. The van der Waals surface area contributed by atoms with Crippen LogP contribution in [0.15, 0.2) is 4.99 Å². The number of carbonyl (C=O) groups excluding carboxylic acids is 1. The van der Waals surface area contributed by atoms with Crippen LogP contribution in [0.2, 0.25) is 0 Å². The van der Waals surface area contributed by atoms with Crippen molar-refractivity contribution in [2.75, 3.05) is 13.7 Å². The number of aliphatic imine (C=N–C) groups is 1. The highest BCUT2D eigenvalue weighted by Gasteiger charge is 2.11. The quantitative estimate of drug-likeness (QED) is 0.235. The van der Waals surface area contributed by atoms with E-state index in [1.165, 1.54) is 7.11 Å². The second-order valence-corrected chi connectivity index (χ2v) is 1.74. The molecule has 0 aliphatic carbocycles. The van der Waals surface area contributed by atoms with E-state index < -0.39 is 12.0 Å². The van der Waals surface area contributed by atoms with Gasteiger partial charge in [0.15, 0.2) is 0 Å². The van der Waals surface area contributed by atoms with E-state index in [2.05, 4.69) is 22.4 Å². The van der Waals surface area contributed by atoms with Gasteiger partial charge in [-0.3, -0.25) is 9.79 Å². The Labute approximate surface area is 66.0 Å². The highest BCUT2D eigenvalue weighted by atomic mass is 16.5. The van der Waals surface area contributed by atoms with E-state index in [0.29, 0.717) is 0 Å². The van der Waals surface area contributed by atoms with Crippen molar-refractivity contribution in [2.24, 2.45) is 10.7 Å². The van der Waals surface area contributed by atoms with E-state index in [-0.39, 0.29) is 6.54 Å². The summed E-state index contributed by atoms with van der Waals surface area (Å²) >= 11 is 0. The monoisotopic (exact) mass is 156 g/mol. The largest absolute Gasteiger partial charge is 0.560 e. The number of hydrogen-bond acceptors (Lipinski definition) is 5. The van der Waals surface area contributed by atoms with Gasteiger partial charge in [-0.2, -0.15) is 0 Å². The van der Waals surface area contributed by atoms with Crippen molar-refractivity contribution in [3.63, 3.8) is 0 Å². The number of nitrogens with two attached hydrogens (primary N) is 1. The molecule has 6 heteroatoms. The number of methoxy groups -OCH3 is 1. The predicted molar refractivity (Wildman–Crippen MR) is 40.2 cm³/mol. The van der Waals surface area contributed by atoms with Crippen molar-refractivity contribution in [3.05, 3.63) is 0 Å². The maximum Gasteiger partial charge on any atom is 0.375 e. The molecule has 11 heavy (non-hydrogen) atoms. The third-order valence-corrected chi connectivity index (χ3v) is 0.941. The number of carbonyl (C=O) groups is 1. The van der Waals surface area contributed by atoms with E-state index in [0.717, 1.165) is 6.40 Å². The Balaban J connectivity index is 3.59. The van der Waals surface area contributed by atoms with E-state index >= 15 is 0 Å². The molecular formula is C5H9BN2O3. The summed E-state index contributed by atoms with van der Waals surface area (Å²) in [6, 6.07) is -0.758.